The number of hydrogen-bond donors (Lipinski definition) is 2. The predicted molar refractivity (Wildman–Crippen MR) is 104 cm³/mol. The van der Waals surface area contributed by atoms with Gasteiger partial charge >= 0.3 is 0 Å². The van der Waals surface area contributed by atoms with Crippen LogP contribution in [0, 0.1) is 13.8 Å². The summed E-state index contributed by atoms with van der Waals surface area (Å²) in [6.45, 7) is 4.28. The van der Waals surface area contributed by atoms with Gasteiger partial charge in [-0.05, 0) is 57.3 Å². The molecule has 0 aliphatic heterocycles. The van der Waals surface area contributed by atoms with Gasteiger partial charge in [0.05, 0.1) is 28.1 Å². The number of aromatic amines is 1. The Morgan fingerprint density at radius 2 is 2.04 bits per heavy atom. The van der Waals surface area contributed by atoms with E-state index >= 15 is 0 Å². The Morgan fingerprint density at radius 3 is 2.68 bits per heavy atom. The Morgan fingerprint density at radius 1 is 1.32 bits per heavy atom. The zero-order chi connectivity index (χ0) is 18.1. The summed E-state index contributed by atoms with van der Waals surface area (Å²) in [5.74, 6) is -0.322. The number of rotatable bonds is 4. The number of nitrogens with zero attached hydrogens (tertiary/aromatic N) is 3. The smallest absolute Gasteiger partial charge is 0.277 e. The molecule has 130 valence electrons. The Bertz CT molecular complexity index is 950. The van der Waals surface area contributed by atoms with Crippen LogP contribution in [-0.2, 0) is 6.54 Å². The first-order valence-corrected chi connectivity index (χ1v) is 9.33. The third kappa shape index (κ3) is 3.65. The average molecular weight is 488 g/mol. The van der Waals surface area contributed by atoms with E-state index < -0.39 is 0 Å². The van der Waals surface area contributed by atoms with E-state index in [0.717, 1.165) is 17.0 Å². The van der Waals surface area contributed by atoms with Crippen LogP contribution < -0.4 is 5.32 Å². The number of halogens is 3. The number of H-pyrrole nitrogens is 1. The molecule has 1 aromatic carbocycles. The number of benzene rings is 1. The third-order valence-electron chi connectivity index (χ3n) is 3.78. The lowest BCUT2D eigenvalue weighted by atomic mass is 10.2. The van der Waals surface area contributed by atoms with Crippen molar-refractivity contribution in [2.45, 2.75) is 20.4 Å². The molecule has 0 saturated carbocycles. The summed E-state index contributed by atoms with van der Waals surface area (Å²) in [7, 11) is 0. The minimum atomic E-state index is -0.322. The third-order valence-corrected chi connectivity index (χ3v) is 6.03. The van der Waals surface area contributed by atoms with E-state index in [0.29, 0.717) is 26.3 Å². The summed E-state index contributed by atoms with van der Waals surface area (Å²) in [5.41, 5.74) is 3.47. The quantitative estimate of drug-likeness (QED) is 0.560. The second-order valence-electron chi connectivity index (χ2n) is 5.45. The van der Waals surface area contributed by atoms with Gasteiger partial charge in [-0.2, -0.15) is 10.2 Å². The normalized spacial score (nSPS) is 10.9. The van der Waals surface area contributed by atoms with Crippen LogP contribution in [0.25, 0.3) is 0 Å². The highest BCUT2D eigenvalue weighted by Crippen LogP contribution is 2.27. The molecule has 9 heteroatoms. The first kappa shape index (κ1) is 18.2. The molecule has 2 heterocycles. The SMILES string of the molecule is Cc1nn(Cc2ccccc2Cl)c(C)c1NC(=O)c1n[nH]c(Br)c1Br. The number of hydrogen-bond acceptors (Lipinski definition) is 3. The number of carbonyl (C=O) groups is 1. The van der Waals surface area contributed by atoms with E-state index in [1.165, 1.54) is 0 Å². The second-order valence-corrected chi connectivity index (χ2v) is 7.44. The van der Waals surface area contributed by atoms with E-state index in [9.17, 15) is 4.79 Å². The molecule has 0 aliphatic carbocycles. The molecule has 0 saturated heterocycles. The van der Waals surface area contributed by atoms with Gasteiger partial charge in [0.1, 0.15) is 4.60 Å². The molecule has 0 spiro atoms. The lowest BCUT2D eigenvalue weighted by Crippen LogP contribution is -2.14. The van der Waals surface area contributed by atoms with Crippen molar-refractivity contribution < 1.29 is 4.79 Å². The van der Waals surface area contributed by atoms with Gasteiger partial charge in [0.25, 0.3) is 5.91 Å². The molecule has 3 rings (SSSR count). The van der Waals surface area contributed by atoms with Crippen LogP contribution in [0.5, 0.6) is 0 Å². The Hall–Kier alpha value is -1.64. The van der Waals surface area contributed by atoms with E-state index in [1.807, 2.05) is 42.8 Å². The topological polar surface area (TPSA) is 75.6 Å². The molecule has 0 unspecified atom stereocenters. The molecule has 25 heavy (non-hydrogen) atoms. The largest absolute Gasteiger partial charge is 0.317 e. The lowest BCUT2D eigenvalue weighted by molar-refractivity contribution is 0.102. The maximum absolute atomic E-state index is 12.5. The molecule has 0 radical (unpaired) electrons. The second kappa shape index (κ2) is 7.31. The van der Waals surface area contributed by atoms with Crippen LogP contribution in [0.2, 0.25) is 5.02 Å². The van der Waals surface area contributed by atoms with Gasteiger partial charge in [-0.1, -0.05) is 29.8 Å². The number of aromatic nitrogens is 4. The first-order chi connectivity index (χ1) is 11.9. The minimum Gasteiger partial charge on any atom is -0.317 e. The summed E-state index contributed by atoms with van der Waals surface area (Å²) in [6.07, 6.45) is 0. The van der Waals surface area contributed by atoms with Crippen molar-refractivity contribution in [1.82, 2.24) is 20.0 Å². The highest BCUT2D eigenvalue weighted by atomic mass is 79.9. The average Bonchev–Trinajstić information content (AvgIpc) is 3.04. The maximum atomic E-state index is 12.5. The van der Waals surface area contributed by atoms with Gasteiger partial charge in [-0.3, -0.25) is 14.6 Å². The van der Waals surface area contributed by atoms with E-state index in [4.69, 9.17) is 11.6 Å². The molecule has 2 aromatic heterocycles. The summed E-state index contributed by atoms with van der Waals surface area (Å²) in [4.78, 5) is 12.5. The van der Waals surface area contributed by atoms with E-state index in [1.54, 1.807) is 0 Å². The maximum Gasteiger partial charge on any atom is 0.277 e. The molecular formula is C16H14Br2ClN5O. The lowest BCUT2D eigenvalue weighted by Gasteiger charge is -2.08. The minimum absolute atomic E-state index is 0.268. The molecule has 3 aromatic rings. The van der Waals surface area contributed by atoms with Crippen molar-refractivity contribution in [1.29, 1.82) is 0 Å². The summed E-state index contributed by atoms with van der Waals surface area (Å²) >= 11 is 12.8. The molecule has 0 bridgehead atoms. The molecule has 2 N–H and O–H groups in total. The van der Waals surface area contributed by atoms with Crippen LogP contribution >= 0.6 is 43.5 Å². The van der Waals surface area contributed by atoms with Gasteiger partial charge < -0.3 is 5.32 Å². The van der Waals surface area contributed by atoms with Gasteiger partial charge in [0, 0.05) is 5.02 Å². The number of amides is 1. The summed E-state index contributed by atoms with van der Waals surface area (Å²) in [5, 5.41) is 14.8. The number of nitrogens with one attached hydrogen (secondary N) is 2. The zero-order valence-electron chi connectivity index (χ0n) is 13.4. The monoisotopic (exact) mass is 485 g/mol. The number of carbonyl (C=O) groups excluding carboxylic acids is 1. The van der Waals surface area contributed by atoms with Gasteiger partial charge in [0.2, 0.25) is 0 Å². The molecule has 0 fully saturated rings. The fourth-order valence-electron chi connectivity index (χ4n) is 2.45. The van der Waals surface area contributed by atoms with Crippen LogP contribution in [0.1, 0.15) is 27.4 Å². The molecule has 6 nitrogen and oxygen atoms in total. The van der Waals surface area contributed by atoms with Crippen LogP contribution in [0.3, 0.4) is 0 Å². The predicted octanol–water partition coefficient (Wildman–Crippen LogP) is 4.70. The molecule has 0 atom stereocenters. The van der Waals surface area contributed by atoms with Crippen molar-refractivity contribution in [2.75, 3.05) is 5.32 Å². The highest BCUT2D eigenvalue weighted by molar-refractivity contribution is 9.13. The Balaban J connectivity index is 1.86. The fraction of sp³-hybridized carbons (Fsp3) is 0.188. The molecule has 1 amide bonds. The van der Waals surface area contributed by atoms with Crippen LogP contribution in [0.4, 0.5) is 5.69 Å². The summed E-state index contributed by atoms with van der Waals surface area (Å²) in [6, 6.07) is 7.62. The Labute approximate surface area is 166 Å². The Kier molecular flexibility index (Phi) is 5.31. The fourth-order valence-corrected chi connectivity index (χ4v) is 3.28. The molecule has 0 aliphatic rings. The van der Waals surface area contributed by atoms with E-state index in [-0.39, 0.29) is 11.6 Å². The van der Waals surface area contributed by atoms with Crippen molar-refractivity contribution in [2.24, 2.45) is 0 Å². The zero-order valence-corrected chi connectivity index (χ0v) is 17.3. The van der Waals surface area contributed by atoms with Crippen LogP contribution in [-0.4, -0.2) is 25.9 Å². The highest BCUT2D eigenvalue weighted by Gasteiger charge is 2.20. The van der Waals surface area contributed by atoms with Crippen molar-refractivity contribution >= 4 is 55.1 Å². The van der Waals surface area contributed by atoms with Gasteiger partial charge in [-0.15, -0.1) is 0 Å². The van der Waals surface area contributed by atoms with Crippen molar-refractivity contribution in [3.05, 3.63) is 61.0 Å². The van der Waals surface area contributed by atoms with Crippen LogP contribution in [0.15, 0.2) is 33.3 Å². The summed E-state index contributed by atoms with van der Waals surface area (Å²) < 4.78 is 3.01. The standard InChI is InChI=1S/C16H14Br2ClN5O/c1-8-13(20-16(25)14-12(17)15(18)22-21-14)9(2)24(23-8)7-10-5-3-4-6-11(10)19/h3-6H,7H2,1-2H3,(H,20,25)(H,21,22). The van der Waals surface area contributed by atoms with E-state index in [2.05, 4.69) is 52.5 Å². The van der Waals surface area contributed by atoms with Crippen molar-refractivity contribution in [3.63, 3.8) is 0 Å². The van der Waals surface area contributed by atoms with Gasteiger partial charge in [-0.25, -0.2) is 0 Å². The number of anilines is 1. The van der Waals surface area contributed by atoms with Crippen molar-refractivity contribution in [3.8, 4) is 0 Å². The first-order valence-electron chi connectivity index (χ1n) is 7.36. The molecular weight excluding hydrogens is 473 g/mol. The number of aryl methyl sites for hydroxylation is 1. The van der Waals surface area contributed by atoms with Gasteiger partial charge in [0.15, 0.2) is 5.69 Å².